The molecule has 0 radical (unpaired) electrons. The van der Waals surface area contributed by atoms with Crippen molar-refractivity contribution in [3.8, 4) is 11.1 Å². The maximum Gasteiger partial charge on any atom is 0.274 e. The molecule has 2 aromatic carbocycles. The van der Waals surface area contributed by atoms with E-state index in [4.69, 9.17) is 5.73 Å². The zero-order valence-corrected chi connectivity index (χ0v) is 17.2. The van der Waals surface area contributed by atoms with Crippen LogP contribution in [0.15, 0.2) is 72.3 Å². The molecule has 7 nitrogen and oxygen atoms in total. The van der Waals surface area contributed by atoms with Gasteiger partial charge in [-0.1, -0.05) is 55.1 Å². The zero-order chi connectivity index (χ0) is 22.0. The van der Waals surface area contributed by atoms with Gasteiger partial charge in [-0.25, -0.2) is 0 Å². The molecule has 2 aliphatic rings. The number of amides is 2. The van der Waals surface area contributed by atoms with E-state index in [1.807, 2.05) is 24.3 Å². The van der Waals surface area contributed by atoms with E-state index in [1.165, 1.54) is 5.56 Å². The van der Waals surface area contributed by atoms with Crippen LogP contribution in [0, 0.1) is 0 Å². The molecule has 7 heteroatoms. The first-order chi connectivity index (χ1) is 15.0. The van der Waals surface area contributed by atoms with Crippen LogP contribution < -0.4 is 21.7 Å². The molecule has 1 saturated carbocycles. The highest BCUT2D eigenvalue weighted by molar-refractivity contribution is 6.05. The Bertz CT molecular complexity index is 1060. The highest BCUT2D eigenvalue weighted by Crippen LogP contribution is 2.36. The molecule has 31 heavy (non-hydrogen) atoms. The molecule has 0 unspecified atom stereocenters. The van der Waals surface area contributed by atoms with E-state index in [0.717, 1.165) is 36.0 Å². The van der Waals surface area contributed by atoms with Gasteiger partial charge in [0.2, 0.25) is 0 Å². The number of carbonyl (C=O) groups excluding carboxylic acids is 2. The van der Waals surface area contributed by atoms with Crippen molar-refractivity contribution in [1.82, 2.24) is 16.0 Å². The first-order valence-corrected chi connectivity index (χ1v) is 10.3. The van der Waals surface area contributed by atoms with E-state index >= 15 is 0 Å². The lowest BCUT2D eigenvalue weighted by Crippen LogP contribution is -2.47. The first-order valence-electron chi connectivity index (χ1n) is 10.3. The summed E-state index contributed by atoms with van der Waals surface area (Å²) >= 11 is 0. The van der Waals surface area contributed by atoms with Crippen molar-refractivity contribution in [3.05, 3.63) is 83.5 Å². The van der Waals surface area contributed by atoms with Gasteiger partial charge in [0.15, 0.2) is 0 Å². The summed E-state index contributed by atoms with van der Waals surface area (Å²) in [6, 6.07) is 16.2. The number of carbonyl (C=O) groups is 2. The highest BCUT2D eigenvalue weighted by Gasteiger charge is 2.30. The third kappa shape index (κ3) is 4.32. The topological polar surface area (TPSA) is 116 Å². The number of hydrogen-bond donors (Lipinski definition) is 5. The molecular weight excluding hydrogens is 392 g/mol. The maximum atomic E-state index is 12.6. The quantitative estimate of drug-likeness (QED) is 0.509. The van der Waals surface area contributed by atoms with E-state index in [2.05, 4.69) is 46.8 Å². The van der Waals surface area contributed by atoms with Crippen LogP contribution in [0.2, 0.25) is 0 Å². The van der Waals surface area contributed by atoms with Gasteiger partial charge < -0.3 is 26.8 Å². The summed E-state index contributed by atoms with van der Waals surface area (Å²) in [5.74, 6) is -0.344. The van der Waals surface area contributed by atoms with Gasteiger partial charge in [-0.05, 0) is 47.4 Å². The number of hydrogen-bond acceptors (Lipinski definition) is 5. The number of nitrogens with one attached hydrogen (secondary N) is 3. The third-order valence-corrected chi connectivity index (χ3v) is 5.93. The average molecular weight is 418 g/mol. The monoisotopic (exact) mass is 418 g/mol. The van der Waals surface area contributed by atoms with Crippen molar-refractivity contribution >= 4 is 11.8 Å². The van der Waals surface area contributed by atoms with Crippen LogP contribution in [0.5, 0.6) is 0 Å². The van der Waals surface area contributed by atoms with Crippen LogP contribution in [-0.2, 0) is 16.2 Å². The van der Waals surface area contributed by atoms with E-state index < -0.39 is 11.8 Å². The minimum Gasteiger partial charge on any atom is -0.392 e. The molecule has 1 heterocycles. The van der Waals surface area contributed by atoms with Gasteiger partial charge in [0.1, 0.15) is 17.2 Å². The lowest BCUT2D eigenvalue weighted by Gasteiger charge is -2.22. The Balaban J connectivity index is 1.41. The van der Waals surface area contributed by atoms with E-state index in [-0.39, 0.29) is 29.9 Å². The highest BCUT2D eigenvalue weighted by atomic mass is 16.3. The molecule has 2 atom stereocenters. The number of rotatable bonds is 5. The fraction of sp³-hybridized carbons (Fsp3) is 0.250. The summed E-state index contributed by atoms with van der Waals surface area (Å²) in [7, 11) is 0. The SMILES string of the molecule is C=C1NC(=O)C(N)=C(C(=O)N[C@H]2CC[C@@H](c3ccc(-c4ccccc4CO)cc3)C2)N1. The van der Waals surface area contributed by atoms with Gasteiger partial charge in [0.05, 0.1) is 6.61 Å². The van der Waals surface area contributed by atoms with Crippen LogP contribution in [0.4, 0.5) is 0 Å². The first kappa shape index (κ1) is 20.7. The van der Waals surface area contributed by atoms with Gasteiger partial charge in [-0.2, -0.15) is 0 Å². The molecule has 6 N–H and O–H groups in total. The van der Waals surface area contributed by atoms with Crippen molar-refractivity contribution in [3.63, 3.8) is 0 Å². The Morgan fingerprint density at radius 2 is 1.87 bits per heavy atom. The van der Waals surface area contributed by atoms with Crippen LogP contribution in [0.1, 0.15) is 36.3 Å². The zero-order valence-electron chi connectivity index (χ0n) is 17.2. The van der Waals surface area contributed by atoms with Gasteiger partial charge in [0, 0.05) is 6.04 Å². The molecule has 0 saturated heterocycles. The molecule has 0 spiro atoms. The lowest BCUT2D eigenvalue weighted by atomic mass is 9.93. The Morgan fingerprint density at radius 3 is 2.61 bits per heavy atom. The predicted octanol–water partition coefficient (Wildman–Crippen LogP) is 1.96. The summed E-state index contributed by atoms with van der Waals surface area (Å²) in [5.41, 5.74) is 9.88. The number of benzene rings is 2. The molecule has 1 aliphatic heterocycles. The molecule has 1 aliphatic carbocycles. The largest absolute Gasteiger partial charge is 0.392 e. The maximum absolute atomic E-state index is 12.6. The van der Waals surface area contributed by atoms with Crippen LogP contribution in [0.3, 0.4) is 0 Å². The summed E-state index contributed by atoms with van der Waals surface area (Å²) in [6.45, 7) is 3.64. The normalized spacial score (nSPS) is 20.9. The summed E-state index contributed by atoms with van der Waals surface area (Å²) in [4.78, 5) is 24.4. The molecule has 4 rings (SSSR count). The van der Waals surface area contributed by atoms with Crippen molar-refractivity contribution in [2.75, 3.05) is 0 Å². The Kier molecular flexibility index (Phi) is 5.77. The van der Waals surface area contributed by atoms with Crippen molar-refractivity contribution in [2.24, 2.45) is 5.73 Å². The van der Waals surface area contributed by atoms with Crippen molar-refractivity contribution in [2.45, 2.75) is 37.8 Å². The molecule has 0 aromatic heterocycles. The van der Waals surface area contributed by atoms with Crippen LogP contribution >= 0.6 is 0 Å². The third-order valence-electron chi connectivity index (χ3n) is 5.93. The van der Waals surface area contributed by atoms with Gasteiger partial charge in [-0.15, -0.1) is 0 Å². The number of aliphatic hydroxyl groups is 1. The molecule has 2 amide bonds. The van der Waals surface area contributed by atoms with Crippen molar-refractivity contribution in [1.29, 1.82) is 0 Å². The van der Waals surface area contributed by atoms with Crippen LogP contribution in [-0.4, -0.2) is 23.0 Å². The molecule has 1 fully saturated rings. The molecular formula is C24H26N4O3. The smallest absolute Gasteiger partial charge is 0.274 e. The van der Waals surface area contributed by atoms with Gasteiger partial charge in [-0.3, -0.25) is 9.59 Å². The van der Waals surface area contributed by atoms with E-state index in [0.29, 0.717) is 5.92 Å². The fourth-order valence-electron chi connectivity index (χ4n) is 4.29. The molecule has 0 bridgehead atoms. The lowest BCUT2D eigenvalue weighted by molar-refractivity contribution is -0.121. The summed E-state index contributed by atoms with van der Waals surface area (Å²) in [5, 5.41) is 17.7. The second-order valence-electron chi connectivity index (χ2n) is 7.96. The molecule has 160 valence electrons. The Labute approximate surface area is 181 Å². The van der Waals surface area contributed by atoms with Crippen LogP contribution in [0.25, 0.3) is 11.1 Å². The predicted molar refractivity (Wildman–Crippen MR) is 118 cm³/mol. The fourth-order valence-corrected chi connectivity index (χ4v) is 4.29. The molecule has 2 aromatic rings. The minimum atomic E-state index is -0.527. The van der Waals surface area contributed by atoms with Crippen molar-refractivity contribution < 1.29 is 14.7 Å². The Morgan fingerprint density at radius 1 is 1.13 bits per heavy atom. The number of aliphatic hydroxyl groups excluding tert-OH is 1. The van der Waals surface area contributed by atoms with Gasteiger partial charge >= 0.3 is 0 Å². The average Bonchev–Trinajstić information content (AvgIpc) is 3.24. The van der Waals surface area contributed by atoms with E-state index in [9.17, 15) is 14.7 Å². The number of nitrogens with two attached hydrogens (primary N) is 1. The second kappa shape index (κ2) is 8.65. The standard InChI is InChI=1S/C24H26N4O3/c1-14-26-22(21(25)23(30)27-14)24(31)28-19-11-10-17(12-19)15-6-8-16(9-7-15)20-5-3-2-4-18(20)13-29/h2-9,17,19,26,29H,1,10-13,25H2,(H,27,30)(H,28,31)/t17-,19+/m1/s1. The second-order valence-corrected chi connectivity index (χ2v) is 7.96. The minimum absolute atomic E-state index is 0.00669. The Hall–Kier alpha value is -3.58. The summed E-state index contributed by atoms with van der Waals surface area (Å²) < 4.78 is 0. The summed E-state index contributed by atoms with van der Waals surface area (Å²) in [6.07, 6.45) is 2.64. The van der Waals surface area contributed by atoms with E-state index in [1.54, 1.807) is 0 Å². The van der Waals surface area contributed by atoms with Gasteiger partial charge in [0.25, 0.3) is 11.8 Å².